The number of guanidine groups is 1. The zero-order chi connectivity index (χ0) is 55.6. The van der Waals surface area contributed by atoms with Gasteiger partial charge in [0.1, 0.15) is 24.2 Å². The number of rotatable bonds is 33. The average molecular weight is 1050 g/mol. The highest BCUT2D eigenvalue weighted by Crippen LogP contribution is 2.31. The molecule has 0 radical (unpaired) electrons. The Hall–Kier alpha value is -5.39. The van der Waals surface area contributed by atoms with Crippen LogP contribution in [-0.4, -0.2) is 167 Å². The van der Waals surface area contributed by atoms with Crippen LogP contribution in [0, 0.1) is 23.7 Å². The van der Waals surface area contributed by atoms with Crippen molar-refractivity contribution in [1.29, 1.82) is 0 Å². The molecule has 0 spiro atoms. The van der Waals surface area contributed by atoms with E-state index in [4.69, 9.17) is 24.0 Å². The summed E-state index contributed by atoms with van der Waals surface area (Å²) in [6.07, 6.45) is 4.83. The maximum absolute atomic E-state index is 14.5. The van der Waals surface area contributed by atoms with Crippen molar-refractivity contribution in [2.75, 3.05) is 81.1 Å². The van der Waals surface area contributed by atoms with Crippen molar-refractivity contribution in [1.82, 2.24) is 24.9 Å². The van der Waals surface area contributed by atoms with Crippen molar-refractivity contribution >= 4 is 46.8 Å². The highest BCUT2D eigenvalue weighted by atomic mass is 16.6. The molecule has 420 valence electrons. The predicted octanol–water partition coefficient (Wildman–Crippen LogP) is 7.86. The molecule has 2 N–H and O–H groups in total. The van der Waals surface area contributed by atoms with E-state index in [-0.39, 0.29) is 60.0 Å². The Kier molecular flexibility index (Phi) is 28.6. The number of ketones is 2. The molecule has 0 aromatic heterocycles. The van der Waals surface area contributed by atoms with Crippen molar-refractivity contribution in [3.05, 3.63) is 65.7 Å². The highest BCUT2D eigenvalue weighted by Gasteiger charge is 2.43. The van der Waals surface area contributed by atoms with Crippen LogP contribution in [-0.2, 0) is 56.0 Å². The SMILES string of the molecule is CCO/C(C)=N\OCCCCCC(=O)CCNCc1ccc(NC(=O)[C@@H](CC(=O)[C@H](C)[C@@H](OC)[C@@H]2CCCN2C(=O)C[C@@H](OC)[C@H]([C@@H](C)CC)N(C)C(=O)[C@@H](N=C(N(C)C)N(C)C)C(C)C)Cc2ccccc2)cc1. The lowest BCUT2D eigenvalue weighted by Crippen LogP contribution is -2.55. The first kappa shape index (κ1) is 63.9. The number of anilines is 1. The van der Waals surface area contributed by atoms with Gasteiger partial charge in [-0.05, 0) is 80.5 Å². The van der Waals surface area contributed by atoms with E-state index in [0.29, 0.717) is 76.1 Å². The van der Waals surface area contributed by atoms with Crippen LogP contribution < -0.4 is 10.6 Å². The largest absolute Gasteiger partial charge is 0.479 e. The minimum absolute atomic E-state index is 0.00225. The van der Waals surface area contributed by atoms with E-state index >= 15 is 0 Å². The van der Waals surface area contributed by atoms with Crippen LogP contribution in [0.25, 0.3) is 0 Å². The summed E-state index contributed by atoms with van der Waals surface area (Å²) in [5.74, 6) is -0.622. The number of carbonyl (C=O) groups is 5. The van der Waals surface area contributed by atoms with Gasteiger partial charge in [0.2, 0.25) is 23.6 Å². The summed E-state index contributed by atoms with van der Waals surface area (Å²) in [6, 6.07) is 15.8. The number of aliphatic imine (C=N–C) groups is 1. The second-order valence-corrected chi connectivity index (χ2v) is 20.9. The molecule has 17 nitrogen and oxygen atoms in total. The van der Waals surface area contributed by atoms with Crippen molar-refractivity contribution < 1.29 is 43.0 Å². The van der Waals surface area contributed by atoms with E-state index in [0.717, 1.165) is 43.2 Å². The van der Waals surface area contributed by atoms with Crippen LogP contribution in [0.2, 0.25) is 0 Å². The maximum Gasteiger partial charge on any atom is 0.247 e. The van der Waals surface area contributed by atoms with Gasteiger partial charge >= 0.3 is 0 Å². The van der Waals surface area contributed by atoms with E-state index in [2.05, 4.69) is 29.6 Å². The van der Waals surface area contributed by atoms with Gasteiger partial charge in [0, 0.05) is 113 Å². The first-order valence-corrected chi connectivity index (χ1v) is 27.3. The second kappa shape index (κ2) is 33.6. The zero-order valence-corrected chi connectivity index (χ0v) is 48.1. The van der Waals surface area contributed by atoms with E-state index in [9.17, 15) is 24.0 Å². The van der Waals surface area contributed by atoms with Gasteiger partial charge in [0.15, 0.2) is 5.96 Å². The fourth-order valence-electron chi connectivity index (χ4n) is 9.95. The number of ether oxygens (including phenoxy) is 3. The van der Waals surface area contributed by atoms with Crippen LogP contribution in [0.5, 0.6) is 0 Å². The molecule has 0 aliphatic carbocycles. The summed E-state index contributed by atoms with van der Waals surface area (Å²) in [7, 11) is 12.6. The molecular weight excluding hydrogens is 953 g/mol. The molecule has 1 fully saturated rings. The molecular formula is C58H94N8O9. The Bertz CT molecular complexity index is 2090. The zero-order valence-electron chi connectivity index (χ0n) is 48.1. The number of likely N-dealkylation sites (tertiary alicyclic amines) is 1. The minimum Gasteiger partial charge on any atom is -0.479 e. The molecule has 3 rings (SSSR count). The number of amides is 3. The number of benzene rings is 2. The number of nitrogens with one attached hydrogen (secondary N) is 2. The first-order valence-electron chi connectivity index (χ1n) is 27.3. The van der Waals surface area contributed by atoms with Gasteiger partial charge in [-0.25, -0.2) is 4.99 Å². The van der Waals surface area contributed by atoms with E-state index < -0.39 is 36.1 Å². The average Bonchev–Trinajstić information content (AvgIpc) is 3.87. The Labute approximate surface area is 449 Å². The molecule has 0 bridgehead atoms. The number of hydrogen-bond acceptors (Lipinski definition) is 12. The van der Waals surface area contributed by atoms with Crippen LogP contribution in [0.4, 0.5) is 5.69 Å². The molecule has 1 aliphatic rings. The van der Waals surface area contributed by atoms with Gasteiger partial charge in [-0.2, -0.15) is 0 Å². The number of carbonyl (C=O) groups excluding carboxylic acids is 5. The topological polar surface area (TPSA) is 184 Å². The van der Waals surface area contributed by atoms with Gasteiger partial charge in [-0.1, -0.05) is 88.7 Å². The van der Waals surface area contributed by atoms with Crippen molar-refractivity contribution in [3.63, 3.8) is 0 Å². The summed E-state index contributed by atoms with van der Waals surface area (Å²) in [5.41, 5.74) is 2.56. The van der Waals surface area contributed by atoms with Crippen molar-refractivity contribution in [2.45, 2.75) is 156 Å². The van der Waals surface area contributed by atoms with Gasteiger partial charge in [-0.3, -0.25) is 24.0 Å². The lowest BCUT2D eigenvalue weighted by molar-refractivity contribution is -0.146. The summed E-state index contributed by atoms with van der Waals surface area (Å²) >= 11 is 0. The monoisotopic (exact) mass is 1050 g/mol. The maximum atomic E-state index is 14.5. The van der Waals surface area contributed by atoms with E-state index in [1.54, 1.807) is 33.1 Å². The Morgan fingerprint density at radius 2 is 1.51 bits per heavy atom. The fraction of sp³-hybridized carbons (Fsp3) is 0.672. The highest BCUT2D eigenvalue weighted by molar-refractivity contribution is 5.96. The molecule has 1 saturated heterocycles. The number of hydrogen-bond donors (Lipinski definition) is 2. The standard InChI is InChI=1S/C58H94N8O9/c1-15-41(5)54(65(12)57(71)53(40(3)4)61-58(63(8)9)64(10)11)51(72-13)38-52(69)66-34-23-27-49(66)55(73-14)42(6)50(68)37-46(36-44-24-19-17-20-25-44)56(70)60-47-30-28-45(29-31-47)39-59-33-32-48(67)26-21-18-22-35-75-62-43(7)74-16-2/h17,19-20,24-25,28-31,40-42,46,49,51,53-55,59H,15-16,18,21-23,26-27,32-39H2,1-14H3,(H,60,70)/b62-43-/t41-,42-,46+,49-,51+,53-,54-,55+/m0/s1. The van der Waals surface area contributed by atoms with E-state index in [1.165, 1.54) is 0 Å². The normalized spacial score (nSPS) is 16.5. The van der Waals surface area contributed by atoms with E-state index in [1.807, 2.05) is 125 Å². The van der Waals surface area contributed by atoms with Crippen LogP contribution >= 0.6 is 0 Å². The third kappa shape index (κ3) is 20.9. The van der Waals surface area contributed by atoms with Gasteiger partial charge < -0.3 is 49.3 Å². The minimum atomic E-state index is -0.671. The first-order chi connectivity index (χ1) is 35.8. The van der Waals surface area contributed by atoms with Crippen LogP contribution in [0.15, 0.2) is 64.7 Å². The quantitative estimate of drug-likeness (QED) is 0.0306. The number of methoxy groups -OCH3 is 2. The summed E-state index contributed by atoms with van der Waals surface area (Å²) in [5, 5.41) is 10.3. The predicted molar refractivity (Wildman–Crippen MR) is 298 cm³/mol. The molecule has 1 heterocycles. The lowest BCUT2D eigenvalue weighted by Gasteiger charge is -2.40. The molecule has 2 aromatic rings. The Morgan fingerprint density at radius 1 is 0.827 bits per heavy atom. The molecule has 0 unspecified atom stereocenters. The van der Waals surface area contributed by atoms with Crippen LogP contribution in [0.1, 0.15) is 124 Å². The summed E-state index contributed by atoms with van der Waals surface area (Å²) in [4.78, 5) is 87.4. The Balaban J connectivity index is 1.66. The number of oxime groups is 1. The van der Waals surface area contributed by atoms with Gasteiger partial charge in [-0.15, -0.1) is 0 Å². The van der Waals surface area contributed by atoms with Gasteiger partial charge in [0.05, 0.1) is 37.3 Å². The number of likely N-dealkylation sites (N-methyl/N-ethyl adjacent to an activating group) is 1. The molecule has 1 aliphatic heterocycles. The third-order valence-electron chi connectivity index (χ3n) is 14.3. The molecule has 17 heteroatoms. The summed E-state index contributed by atoms with van der Waals surface area (Å²) < 4.78 is 17.5. The molecule has 8 atom stereocenters. The summed E-state index contributed by atoms with van der Waals surface area (Å²) in [6.45, 7) is 16.3. The molecule has 3 amide bonds. The van der Waals surface area contributed by atoms with Crippen molar-refractivity contribution in [2.24, 2.45) is 33.8 Å². The smallest absolute Gasteiger partial charge is 0.247 e. The van der Waals surface area contributed by atoms with Gasteiger partial charge in [0.25, 0.3) is 0 Å². The van der Waals surface area contributed by atoms with Crippen molar-refractivity contribution in [3.8, 4) is 0 Å². The number of nitrogens with zero attached hydrogens (tertiary/aromatic N) is 6. The molecule has 2 aromatic carbocycles. The molecule has 0 saturated carbocycles. The third-order valence-corrected chi connectivity index (χ3v) is 14.3. The molecule has 75 heavy (non-hydrogen) atoms. The Morgan fingerprint density at radius 3 is 2.11 bits per heavy atom. The number of Topliss-reactive ketones (excluding diaryl/α,β-unsaturated/α-hetero) is 2. The fourth-order valence-corrected chi connectivity index (χ4v) is 9.95. The number of unbranched alkanes of at least 4 members (excludes halogenated alkanes) is 2. The lowest BCUT2D eigenvalue weighted by atomic mass is 9.85. The second-order valence-electron chi connectivity index (χ2n) is 20.9. The van der Waals surface area contributed by atoms with Crippen LogP contribution in [0.3, 0.4) is 0 Å².